The number of halogens is 1. The maximum absolute atomic E-state index is 13.2. The summed E-state index contributed by atoms with van der Waals surface area (Å²) < 4.78 is 5.67. The minimum Gasteiger partial charge on any atom is -0.456 e. The molecular weight excluding hydrogens is 442 g/mol. The molecule has 1 amide bonds. The summed E-state index contributed by atoms with van der Waals surface area (Å²) in [5.41, 5.74) is 3.84. The number of hydrogen-bond acceptors (Lipinski definition) is 4. The van der Waals surface area contributed by atoms with Crippen LogP contribution in [0, 0.1) is 5.92 Å². The molecule has 0 saturated carbocycles. The molecule has 1 atom stereocenters. The zero-order valence-corrected chi connectivity index (χ0v) is 20.0. The van der Waals surface area contributed by atoms with Crippen molar-refractivity contribution in [3.05, 3.63) is 75.6 Å². The Balaban J connectivity index is 1.62. The summed E-state index contributed by atoms with van der Waals surface area (Å²) >= 11 is 7.38. The van der Waals surface area contributed by atoms with Crippen molar-refractivity contribution in [2.75, 3.05) is 5.32 Å². The van der Waals surface area contributed by atoms with Crippen molar-refractivity contribution >= 4 is 39.8 Å². The number of thiophene rings is 1. The lowest BCUT2D eigenvalue weighted by atomic mass is 9.83. The highest BCUT2D eigenvalue weighted by molar-refractivity contribution is 7.15. The zero-order valence-electron chi connectivity index (χ0n) is 18.4. The number of nitrogens with one attached hydrogen (secondary N) is 1. The van der Waals surface area contributed by atoms with Gasteiger partial charge in [-0.15, -0.1) is 11.3 Å². The summed E-state index contributed by atoms with van der Waals surface area (Å²) in [5.74, 6) is -0.640. The largest absolute Gasteiger partial charge is 0.456 e. The summed E-state index contributed by atoms with van der Waals surface area (Å²) in [5, 5.41) is 6.06. The first-order valence-corrected chi connectivity index (χ1v) is 12.0. The smallest absolute Gasteiger partial charge is 0.342 e. The number of fused-ring (bicyclic) bond motifs is 1. The van der Waals surface area contributed by atoms with Crippen LogP contribution in [0.1, 0.15) is 48.7 Å². The van der Waals surface area contributed by atoms with Crippen molar-refractivity contribution in [2.45, 2.75) is 45.6 Å². The second-order valence-electron chi connectivity index (χ2n) is 9.06. The van der Waals surface area contributed by atoms with Crippen molar-refractivity contribution in [3.63, 3.8) is 0 Å². The third kappa shape index (κ3) is 5.05. The Morgan fingerprint density at radius 3 is 2.44 bits per heavy atom. The molecule has 1 aromatic heterocycles. The van der Waals surface area contributed by atoms with Crippen molar-refractivity contribution in [2.24, 2.45) is 5.92 Å². The molecule has 0 spiro atoms. The van der Waals surface area contributed by atoms with Crippen molar-refractivity contribution in [1.82, 2.24) is 0 Å². The van der Waals surface area contributed by atoms with Gasteiger partial charge in [0, 0.05) is 21.9 Å². The predicted octanol–water partition coefficient (Wildman–Crippen LogP) is 6.77. The van der Waals surface area contributed by atoms with Gasteiger partial charge in [0.2, 0.25) is 5.91 Å². The topological polar surface area (TPSA) is 55.4 Å². The van der Waals surface area contributed by atoms with Crippen LogP contribution in [0.5, 0.6) is 0 Å². The number of hydrogen-bond donors (Lipinski definition) is 1. The molecule has 0 fully saturated rings. The van der Waals surface area contributed by atoms with Crippen molar-refractivity contribution < 1.29 is 14.3 Å². The van der Waals surface area contributed by atoms with E-state index in [0.717, 1.165) is 24.0 Å². The second-order valence-corrected chi connectivity index (χ2v) is 10.4. The molecular formula is C26H26ClNO3S. The lowest BCUT2D eigenvalue weighted by molar-refractivity contribution is -0.120. The molecule has 32 heavy (non-hydrogen) atoms. The number of carbonyl (C=O) groups is 2. The molecule has 6 heteroatoms. The van der Waals surface area contributed by atoms with Gasteiger partial charge in [0.25, 0.3) is 0 Å². The van der Waals surface area contributed by atoms with Gasteiger partial charge in [0.15, 0.2) is 0 Å². The van der Waals surface area contributed by atoms with Gasteiger partial charge in [-0.25, -0.2) is 4.79 Å². The first kappa shape index (κ1) is 22.6. The summed E-state index contributed by atoms with van der Waals surface area (Å²) in [4.78, 5) is 26.3. The van der Waals surface area contributed by atoms with Gasteiger partial charge in [0.1, 0.15) is 16.2 Å². The van der Waals surface area contributed by atoms with E-state index >= 15 is 0 Å². The number of ether oxygens (including phenoxy) is 1. The van der Waals surface area contributed by atoms with Crippen molar-refractivity contribution in [3.8, 4) is 11.1 Å². The lowest BCUT2D eigenvalue weighted by Crippen LogP contribution is -2.29. The molecule has 1 aliphatic rings. The van der Waals surface area contributed by atoms with Crippen LogP contribution < -0.4 is 5.32 Å². The molecule has 0 radical (unpaired) electrons. The molecule has 1 heterocycles. The van der Waals surface area contributed by atoms with Gasteiger partial charge in [-0.3, -0.25) is 4.79 Å². The molecule has 1 aliphatic carbocycles. The van der Waals surface area contributed by atoms with Crippen LogP contribution in [0.4, 0.5) is 5.00 Å². The quantitative estimate of drug-likeness (QED) is 0.431. The summed E-state index contributed by atoms with van der Waals surface area (Å²) in [6, 6.07) is 15.6. The maximum Gasteiger partial charge on any atom is 0.342 e. The first-order chi connectivity index (χ1) is 15.2. The van der Waals surface area contributed by atoms with Crippen LogP contribution >= 0.6 is 22.9 Å². The molecule has 166 valence electrons. The number of carbonyl (C=O) groups excluding carboxylic acids is 2. The first-order valence-electron chi connectivity index (χ1n) is 10.7. The number of anilines is 1. The standard InChI is InChI=1S/C26H26ClNO3S/c1-26(2,3)31-25(30)22-21(17-10-12-20(27)13-11-17)15-32-24(22)28-23(29)19-9-8-16-6-4-5-7-18(16)14-19/h4-7,10-13,15,19H,8-9,14H2,1-3H3,(H,28,29). The molecule has 4 rings (SSSR count). The molecule has 0 saturated heterocycles. The minimum atomic E-state index is -0.648. The van der Waals surface area contributed by atoms with Gasteiger partial charge < -0.3 is 10.1 Å². The van der Waals surface area contributed by atoms with E-state index in [1.54, 1.807) is 12.1 Å². The fourth-order valence-electron chi connectivity index (χ4n) is 3.96. The Hall–Kier alpha value is -2.63. The maximum atomic E-state index is 13.2. The van der Waals surface area contributed by atoms with Crippen LogP contribution in [-0.2, 0) is 22.4 Å². The van der Waals surface area contributed by atoms with E-state index < -0.39 is 11.6 Å². The SMILES string of the molecule is CC(C)(C)OC(=O)c1c(-c2ccc(Cl)cc2)csc1NC(=O)C1CCc2ccccc2C1. The van der Waals surface area contributed by atoms with Gasteiger partial charge in [-0.1, -0.05) is 48.0 Å². The molecule has 1 unspecified atom stereocenters. The van der Waals surface area contributed by atoms with Gasteiger partial charge in [-0.2, -0.15) is 0 Å². The third-order valence-corrected chi connectivity index (χ3v) is 6.65. The molecule has 0 bridgehead atoms. The highest BCUT2D eigenvalue weighted by atomic mass is 35.5. The zero-order chi connectivity index (χ0) is 22.9. The normalized spacial score (nSPS) is 15.7. The van der Waals surface area contributed by atoms with Crippen LogP contribution in [-0.4, -0.2) is 17.5 Å². The molecule has 0 aliphatic heterocycles. The van der Waals surface area contributed by atoms with E-state index in [1.807, 2.05) is 50.4 Å². The highest BCUT2D eigenvalue weighted by Crippen LogP contribution is 2.38. The number of amides is 1. The molecule has 3 aromatic rings. The fraction of sp³-hybridized carbons (Fsp3) is 0.308. The lowest BCUT2D eigenvalue weighted by Gasteiger charge is -2.24. The fourth-order valence-corrected chi connectivity index (χ4v) is 5.05. The average Bonchev–Trinajstić information content (AvgIpc) is 3.16. The average molecular weight is 468 g/mol. The minimum absolute atomic E-state index is 0.0613. The monoisotopic (exact) mass is 467 g/mol. The Morgan fingerprint density at radius 1 is 1.06 bits per heavy atom. The van der Waals surface area contributed by atoms with E-state index in [0.29, 0.717) is 22.0 Å². The summed E-state index contributed by atoms with van der Waals surface area (Å²) in [6.07, 6.45) is 2.38. The van der Waals surface area contributed by atoms with Gasteiger partial charge in [-0.05, 0) is 68.9 Å². The van der Waals surface area contributed by atoms with Crippen LogP contribution in [0.25, 0.3) is 11.1 Å². The Labute approximate surface area is 197 Å². The molecule has 1 N–H and O–H groups in total. The van der Waals surface area contributed by atoms with Crippen molar-refractivity contribution in [1.29, 1.82) is 0 Å². The number of benzene rings is 2. The number of rotatable bonds is 4. The van der Waals surface area contributed by atoms with Crippen LogP contribution in [0.15, 0.2) is 53.9 Å². The Kier molecular flexibility index (Phi) is 6.40. The Bertz CT molecular complexity index is 1140. The highest BCUT2D eigenvalue weighted by Gasteiger charge is 2.29. The summed E-state index contributed by atoms with van der Waals surface area (Å²) in [7, 11) is 0. The van der Waals surface area contributed by atoms with E-state index in [4.69, 9.17) is 16.3 Å². The van der Waals surface area contributed by atoms with Crippen LogP contribution in [0.2, 0.25) is 5.02 Å². The Morgan fingerprint density at radius 2 is 1.75 bits per heavy atom. The third-order valence-electron chi connectivity index (χ3n) is 5.50. The summed E-state index contributed by atoms with van der Waals surface area (Å²) in [6.45, 7) is 5.49. The number of esters is 1. The van der Waals surface area contributed by atoms with E-state index in [9.17, 15) is 9.59 Å². The predicted molar refractivity (Wildman–Crippen MR) is 131 cm³/mol. The number of aryl methyl sites for hydroxylation is 1. The van der Waals surface area contributed by atoms with E-state index in [1.165, 1.54) is 22.5 Å². The second kappa shape index (κ2) is 9.08. The van der Waals surface area contributed by atoms with E-state index in [2.05, 4.69) is 17.4 Å². The van der Waals surface area contributed by atoms with Gasteiger partial charge >= 0.3 is 5.97 Å². The van der Waals surface area contributed by atoms with E-state index in [-0.39, 0.29) is 11.8 Å². The van der Waals surface area contributed by atoms with Gasteiger partial charge in [0.05, 0.1) is 0 Å². The molecule has 4 nitrogen and oxygen atoms in total. The molecule has 2 aromatic carbocycles. The van der Waals surface area contributed by atoms with Crippen LogP contribution in [0.3, 0.4) is 0 Å².